The topological polar surface area (TPSA) is 9.23 Å². The van der Waals surface area contributed by atoms with Gasteiger partial charge in [0, 0.05) is 5.75 Å². The highest BCUT2D eigenvalue weighted by molar-refractivity contribution is 7.93. The summed E-state index contributed by atoms with van der Waals surface area (Å²) < 4.78 is 5.25. The van der Waals surface area contributed by atoms with Gasteiger partial charge in [0.1, 0.15) is 0 Å². The Morgan fingerprint density at radius 1 is 1.36 bits per heavy atom. The molecule has 0 unspecified atom stereocenters. The highest BCUT2D eigenvalue weighted by Gasteiger charge is 2.08. The van der Waals surface area contributed by atoms with Gasteiger partial charge in [-0.25, -0.2) is 0 Å². The van der Waals surface area contributed by atoms with Gasteiger partial charge < -0.3 is 4.18 Å². The third kappa shape index (κ3) is 1.42. The average molecular weight is 166 g/mol. The van der Waals surface area contributed by atoms with Crippen molar-refractivity contribution in [3.05, 3.63) is 34.9 Å². The molecule has 58 valence electrons. The van der Waals surface area contributed by atoms with Crippen LogP contribution in [0.4, 0.5) is 0 Å². The Morgan fingerprint density at radius 2 is 2.27 bits per heavy atom. The molecule has 2 rings (SSSR count). The van der Waals surface area contributed by atoms with Crippen LogP contribution in [0.25, 0.3) is 0 Å². The first-order valence-electron chi connectivity index (χ1n) is 3.69. The number of aryl methyl sites for hydroxylation is 1. The van der Waals surface area contributed by atoms with Crippen LogP contribution in [-0.2, 0) is 16.5 Å². The molecule has 0 radical (unpaired) electrons. The second-order valence-electron chi connectivity index (χ2n) is 2.80. The van der Waals surface area contributed by atoms with Gasteiger partial charge in [-0.3, -0.25) is 0 Å². The summed E-state index contributed by atoms with van der Waals surface area (Å²) in [6.45, 7) is 2.89. The molecule has 1 aliphatic heterocycles. The highest BCUT2D eigenvalue weighted by atomic mass is 32.2. The zero-order chi connectivity index (χ0) is 7.68. The summed E-state index contributed by atoms with van der Waals surface area (Å²) >= 11 is 1.55. The zero-order valence-corrected chi connectivity index (χ0v) is 7.28. The predicted molar refractivity (Wildman–Crippen MR) is 47.3 cm³/mol. The standard InChI is InChI=1S/C9H10OS/c1-7-2-3-8-5-10-11-6-9(8)4-7/h2-4H,5-6H2,1H3. The molecule has 0 saturated carbocycles. The van der Waals surface area contributed by atoms with E-state index in [1.807, 2.05) is 0 Å². The van der Waals surface area contributed by atoms with E-state index in [1.54, 1.807) is 12.0 Å². The van der Waals surface area contributed by atoms with Gasteiger partial charge >= 0.3 is 0 Å². The smallest absolute Gasteiger partial charge is 0.0867 e. The molecule has 0 atom stereocenters. The number of hydrogen-bond acceptors (Lipinski definition) is 2. The Hall–Kier alpha value is -0.470. The Kier molecular flexibility index (Phi) is 1.88. The van der Waals surface area contributed by atoms with E-state index in [2.05, 4.69) is 25.1 Å². The summed E-state index contributed by atoms with van der Waals surface area (Å²) in [5.41, 5.74) is 4.11. The number of rotatable bonds is 0. The lowest BCUT2D eigenvalue weighted by Crippen LogP contribution is -2.00. The van der Waals surface area contributed by atoms with E-state index in [1.165, 1.54) is 16.7 Å². The SMILES string of the molecule is Cc1ccc2c(c1)CSOC2. The van der Waals surface area contributed by atoms with Crippen molar-refractivity contribution in [2.24, 2.45) is 0 Å². The van der Waals surface area contributed by atoms with E-state index in [0.717, 1.165) is 12.4 Å². The van der Waals surface area contributed by atoms with Crippen LogP contribution in [0.2, 0.25) is 0 Å². The van der Waals surface area contributed by atoms with Crippen molar-refractivity contribution in [2.45, 2.75) is 19.3 Å². The summed E-state index contributed by atoms with van der Waals surface area (Å²) in [5, 5.41) is 0. The summed E-state index contributed by atoms with van der Waals surface area (Å²) in [6, 6.07) is 6.54. The lowest BCUT2D eigenvalue weighted by Gasteiger charge is -2.14. The molecule has 0 fully saturated rings. The molecule has 0 aliphatic carbocycles. The van der Waals surface area contributed by atoms with Crippen LogP contribution in [0.3, 0.4) is 0 Å². The maximum absolute atomic E-state index is 5.25. The van der Waals surface area contributed by atoms with Crippen LogP contribution in [0.1, 0.15) is 16.7 Å². The fourth-order valence-corrected chi connectivity index (χ4v) is 1.93. The summed E-state index contributed by atoms with van der Waals surface area (Å²) in [5.74, 6) is 0.997. The Morgan fingerprint density at radius 3 is 3.18 bits per heavy atom. The van der Waals surface area contributed by atoms with Gasteiger partial charge in [0.05, 0.1) is 6.61 Å². The van der Waals surface area contributed by atoms with E-state index in [0.29, 0.717) is 0 Å². The van der Waals surface area contributed by atoms with E-state index in [9.17, 15) is 0 Å². The number of hydrogen-bond donors (Lipinski definition) is 0. The lowest BCUT2D eigenvalue weighted by atomic mass is 10.1. The molecule has 2 heteroatoms. The fourth-order valence-electron chi connectivity index (χ4n) is 1.24. The molecule has 1 aromatic rings. The fraction of sp³-hybridized carbons (Fsp3) is 0.333. The number of benzene rings is 1. The Balaban J connectivity index is 2.43. The van der Waals surface area contributed by atoms with E-state index in [4.69, 9.17) is 4.18 Å². The van der Waals surface area contributed by atoms with Crippen LogP contribution in [0.15, 0.2) is 18.2 Å². The van der Waals surface area contributed by atoms with Crippen LogP contribution < -0.4 is 0 Å². The van der Waals surface area contributed by atoms with Gasteiger partial charge in [0.15, 0.2) is 0 Å². The van der Waals surface area contributed by atoms with Crippen molar-refractivity contribution in [1.29, 1.82) is 0 Å². The van der Waals surface area contributed by atoms with Crippen LogP contribution >= 0.6 is 12.0 Å². The van der Waals surface area contributed by atoms with Crippen LogP contribution in [-0.4, -0.2) is 0 Å². The molecule has 0 aromatic heterocycles. The van der Waals surface area contributed by atoms with E-state index >= 15 is 0 Å². The van der Waals surface area contributed by atoms with Gasteiger partial charge in [-0.05, 0) is 30.1 Å². The first-order valence-corrected chi connectivity index (χ1v) is 4.60. The van der Waals surface area contributed by atoms with Gasteiger partial charge in [-0.1, -0.05) is 23.8 Å². The molecule has 1 nitrogen and oxygen atoms in total. The quantitative estimate of drug-likeness (QED) is 0.548. The molecule has 0 amide bonds. The van der Waals surface area contributed by atoms with E-state index in [-0.39, 0.29) is 0 Å². The molecule has 0 bridgehead atoms. The van der Waals surface area contributed by atoms with Crippen molar-refractivity contribution in [3.63, 3.8) is 0 Å². The normalized spacial score (nSPS) is 16.1. The molecule has 1 heterocycles. The van der Waals surface area contributed by atoms with Crippen molar-refractivity contribution in [2.75, 3.05) is 0 Å². The Labute approximate surface area is 71.0 Å². The largest absolute Gasteiger partial charge is 0.310 e. The van der Waals surface area contributed by atoms with Crippen molar-refractivity contribution in [1.82, 2.24) is 0 Å². The molecule has 11 heavy (non-hydrogen) atoms. The van der Waals surface area contributed by atoms with Gasteiger partial charge in [0.25, 0.3) is 0 Å². The molecule has 1 aliphatic rings. The maximum Gasteiger partial charge on any atom is 0.0867 e. The first kappa shape index (κ1) is 7.19. The minimum Gasteiger partial charge on any atom is -0.310 e. The summed E-state index contributed by atoms with van der Waals surface area (Å²) in [6.07, 6.45) is 0. The third-order valence-corrected chi connectivity index (χ3v) is 2.59. The minimum atomic E-state index is 0.764. The van der Waals surface area contributed by atoms with Crippen molar-refractivity contribution >= 4 is 12.0 Å². The summed E-state index contributed by atoms with van der Waals surface area (Å²) in [4.78, 5) is 0. The molecule has 0 saturated heterocycles. The van der Waals surface area contributed by atoms with Gasteiger partial charge in [-0.15, -0.1) is 0 Å². The average Bonchev–Trinajstić information content (AvgIpc) is 2.04. The third-order valence-electron chi connectivity index (χ3n) is 1.87. The van der Waals surface area contributed by atoms with E-state index < -0.39 is 0 Å². The first-order chi connectivity index (χ1) is 5.36. The van der Waals surface area contributed by atoms with Crippen LogP contribution in [0, 0.1) is 6.92 Å². The molecule has 0 N–H and O–H groups in total. The molecular weight excluding hydrogens is 156 g/mol. The minimum absolute atomic E-state index is 0.764. The van der Waals surface area contributed by atoms with Crippen molar-refractivity contribution in [3.8, 4) is 0 Å². The zero-order valence-electron chi connectivity index (χ0n) is 6.46. The second kappa shape index (κ2) is 2.88. The summed E-state index contributed by atoms with van der Waals surface area (Å²) in [7, 11) is 0. The molecular formula is C9H10OS. The van der Waals surface area contributed by atoms with Crippen LogP contribution in [0.5, 0.6) is 0 Å². The van der Waals surface area contributed by atoms with Gasteiger partial charge in [-0.2, -0.15) is 0 Å². The van der Waals surface area contributed by atoms with Gasteiger partial charge in [0.2, 0.25) is 0 Å². The monoisotopic (exact) mass is 166 g/mol. The molecule has 1 aromatic carbocycles. The Bertz CT molecular complexity index is 270. The lowest BCUT2D eigenvalue weighted by molar-refractivity contribution is 0.355. The number of fused-ring (bicyclic) bond motifs is 1. The highest BCUT2D eigenvalue weighted by Crippen LogP contribution is 2.26. The predicted octanol–water partition coefficient (Wildman–Crippen LogP) is 2.67. The second-order valence-corrected chi connectivity index (χ2v) is 3.56. The maximum atomic E-state index is 5.25. The van der Waals surface area contributed by atoms with Crippen molar-refractivity contribution < 1.29 is 4.18 Å². The molecule has 0 spiro atoms.